The first-order chi connectivity index (χ1) is 12.4. The molecule has 1 amide bonds. The highest BCUT2D eigenvalue weighted by Gasteiger charge is 2.27. The molecule has 0 bridgehead atoms. The SMILES string of the molecule is Cc1ccc(COc2cc3c(cc2Cl)N(CCC(=O)O)C(=O)CO3)nn1. The molecule has 8 nitrogen and oxygen atoms in total. The van der Waals surface area contributed by atoms with Gasteiger partial charge in [0.25, 0.3) is 5.91 Å². The van der Waals surface area contributed by atoms with Gasteiger partial charge in [-0.1, -0.05) is 11.6 Å². The Morgan fingerprint density at radius 3 is 2.88 bits per heavy atom. The average Bonchev–Trinajstić information content (AvgIpc) is 2.60. The molecular formula is C17H16ClN3O5. The summed E-state index contributed by atoms with van der Waals surface area (Å²) in [7, 11) is 0. The van der Waals surface area contributed by atoms with Crippen LogP contribution in [-0.4, -0.2) is 40.3 Å². The summed E-state index contributed by atoms with van der Waals surface area (Å²) in [6.45, 7) is 1.89. The number of carboxylic acids is 1. The van der Waals surface area contributed by atoms with Gasteiger partial charge in [0, 0.05) is 12.6 Å². The van der Waals surface area contributed by atoms with Crippen LogP contribution in [0.4, 0.5) is 5.69 Å². The van der Waals surface area contributed by atoms with Gasteiger partial charge in [0.1, 0.15) is 23.8 Å². The van der Waals surface area contributed by atoms with Crippen molar-refractivity contribution < 1.29 is 24.2 Å². The molecule has 2 aromatic rings. The Kier molecular flexibility index (Phi) is 5.22. The third-order valence-corrected chi connectivity index (χ3v) is 4.03. The molecule has 1 N–H and O–H groups in total. The molecule has 136 valence electrons. The van der Waals surface area contributed by atoms with Crippen LogP contribution >= 0.6 is 11.6 Å². The lowest BCUT2D eigenvalue weighted by molar-refractivity contribution is -0.136. The van der Waals surface area contributed by atoms with Gasteiger partial charge in [-0.15, -0.1) is 0 Å². The van der Waals surface area contributed by atoms with E-state index >= 15 is 0 Å². The minimum Gasteiger partial charge on any atom is -0.486 e. The van der Waals surface area contributed by atoms with Crippen molar-refractivity contribution in [3.63, 3.8) is 0 Å². The van der Waals surface area contributed by atoms with Crippen LogP contribution in [0.5, 0.6) is 11.5 Å². The molecular weight excluding hydrogens is 362 g/mol. The molecule has 0 fully saturated rings. The molecule has 3 rings (SSSR count). The predicted molar refractivity (Wildman–Crippen MR) is 92.7 cm³/mol. The number of rotatable bonds is 6. The number of anilines is 1. The molecule has 9 heteroatoms. The quantitative estimate of drug-likeness (QED) is 0.823. The number of hydrogen-bond acceptors (Lipinski definition) is 6. The molecule has 1 aromatic heterocycles. The molecule has 0 radical (unpaired) electrons. The van der Waals surface area contributed by atoms with Crippen LogP contribution in [0.3, 0.4) is 0 Å². The summed E-state index contributed by atoms with van der Waals surface area (Å²) >= 11 is 6.26. The summed E-state index contributed by atoms with van der Waals surface area (Å²) in [6, 6.07) is 6.75. The van der Waals surface area contributed by atoms with E-state index in [9.17, 15) is 9.59 Å². The van der Waals surface area contributed by atoms with Crippen LogP contribution in [0.25, 0.3) is 0 Å². The van der Waals surface area contributed by atoms with Crippen LogP contribution in [-0.2, 0) is 16.2 Å². The van der Waals surface area contributed by atoms with Crippen LogP contribution in [0.15, 0.2) is 24.3 Å². The van der Waals surface area contributed by atoms with Crippen molar-refractivity contribution >= 4 is 29.2 Å². The zero-order chi connectivity index (χ0) is 18.7. The first-order valence-corrected chi connectivity index (χ1v) is 8.22. The fourth-order valence-electron chi connectivity index (χ4n) is 2.42. The van der Waals surface area contributed by atoms with E-state index in [4.69, 9.17) is 26.2 Å². The number of fused-ring (bicyclic) bond motifs is 1. The van der Waals surface area contributed by atoms with Crippen molar-refractivity contribution in [2.45, 2.75) is 20.0 Å². The standard InChI is InChI=1S/C17H16ClN3O5/c1-10-2-3-11(20-19-10)8-25-14-7-15-13(6-12(14)18)21(5-4-17(23)24)16(22)9-26-15/h2-3,6-7H,4-5,8-9H2,1H3,(H,23,24). The van der Waals surface area contributed by atoms with Gasteiger partial charge in [0.05, 0.1) is 22.8 Å². The minimum absolute atomic E-state index is 0.0417. The number of aliphatic carboxylic acids is 1. The van der Waals surface area contributed by atoms with Crippen molar-refractivity contribution in [1.82, 2.24) is 10.2 Å². The second-order valence-electron chi connectivity index (χ2n) is 5.68. The molecule has 1 aromatic carbocycles. The minimum atomic E-state index is -0.990. The summed E-state index contributed by atoms with van der Waals surface area (Å²) in [6.07, 6.45) is -0.173. The lowest BCUT2D eigenvalue weighted by atomic mass is 10.2. The van der Waals surface area contributed by atoms with Gasteiger partial charge < -0.3 is 19.5 Å². The molecule has 0 spiro atoms. The molecule has 0 saturated carbocycles. The number of halogens is 1. The molecule has 0 aliphatic carbocycles. The van der Waals surface area contributed by atoms with Gasteiger partial charge in [-0.25, -0.2) is 0 Å². The number of aryl methyl sites for hydroxylation is 1. The van der Waals surface area contributed by atoms with Crippen LogP contribution in [0.1, 0.15) is 17.8 Å². The summed E-state index contributed by atoms with van der Waals surface area (Å²) in [5, 5.41) is 17.1. The largest absolute Gasteiger partial charge is 0.486 e. The van der Waals surface area contributed by atoms with E-state index in [1.807, 2.05) is 13.0 Å². The van der Waals surface area contributed by atoms with Crippen molar-refractivity contribution in [1.29, 1.82) is 0 Å². The molecule has 0 atom stereocenters. The number of benzene rings is 1. The van der Waals surface area contributed by atoms with Crippen molar-refractivity contribution in [3.8, 4) is 11.5 Å². The summed E-state index contributed by atoms with van der Waals surface area (Å²) < 4.78 is 11.1. The topological polar surface area (TPSA) is 102 Å². The van der Waals surface area contributed by atoms with Gasteiger partial charge in [0.15, 0.2) is 6.61 Å². The van der Waals surface area contributed by atoms with Gasteiger partial charge >= 0.3 is 5.97 Å². The molecule has 2 heterocycles. The molecule has 1 aliphatic rings. The Bertz CT molecular complexity index is 841. The van der Waals surface area contributed by atoms with Gasteiger partial charge in [-0.05, 0) is 25.1 Å². The number of aromatic nitrogens is 2. The Morgan fingerprint density at radius 1 is 1.38 bits per heavy atom. The lowest BCUT2D eigenvalue weighted by Crippen LogP contribution is -2.40. The smallest absolute Gasteiger partial charge is 0.305 e. The third kappa shape index (κ3) is 4.02. The summed E-state index contributed by atoms with van der Waals surface area (Å²) in [5.74, 6) is -0.529. The number of carbonyl (C=O) groups excluding carboxylic acids is 1. The van der Waals surface area contributed by atoms with Crippen molar-refractivity contribution in [3.05, 3.63) is 40.7 Å². The summed E-state index contributed by atoms with van der Waals surface area (Å²) in [4.78, 5) is 24.2. The Hall–Kier alpha value is -2.87. The molecule has 1 aliphatic heterocycles. The van der Waals surface area contributed by atoms with Crippen molar-refractivity contribution in [2.24, 2.45) is 0 Å². The first kappa shape index (κ1) is 17.9. The molecule has 26 heavy (non-hydrogen) atoms. The number of ether oxygens (including phenoxy) is 2. The monoisotopic (exact) mass is 377 g/mol. The van der Waals surface area contributed by atoms with Crippen LogP contribution in [0, 0.1) is 6.92 Å². The van der Waals surface area contributed by atoms with Gasteiger partial charge in [0.2, 0.25) is 0 Å². The van der Waals surface area contributed by atoms with E-state index in [1.54, 1.807) is 12.1 Å². The van der Waals surface area contributed by atoms with Gasteiger partial charge in [-0.3, -0.25) is 9.59 Å². The maximum Gasteiger partial charge on any atom is 0.305 e. The number of nitrogens with zero attached hydrogens (tertiary/aromatic N) is 3. The maximum atomic E-state index is 12.0. The Morgan fingerprint density at radius 2 is 2.19 bits per heavy atom. The van der Waals surface area contributed by atoms with E-state index in [0.29, 0.717) is 22.9 Å². The summed E-state index contributed by atoms with van der Waals surface area (Å²) in [5.41, 5.74) is 1.87. The zero-order valence-electron chi connectivity index (χ0n) is 13.9. The highest BCUT2D eigenvalue weighted by Crippen LogP contribution is 2.40. The molecule has 0 saturated heterocycles. The fourth-order valence-corrected chi connectivity index (χ4v) is 2.63. The third-order valence-electron chi connectivity index (χ3n) is 3.73. The highest BCUT2D eigenvalue weighted by molar-refractivity contribution is 6.32. The average molecular weight is 378 g/mol. The second-order valence-corrected chi connectivity index (χ2v) is 6.09. The number of carbonyl (C=O) groups is 2. The lowest BCUT2D eigenvalue weighted by Gasteiger charge is -2.29. The molecule has 0 unspecified atom stereocenters. The van der Waals surface area contributed by atoms with E-state index in [1.165, 1.54) is 11.0 Å². The zero-order valence-corrected chi connectivity index (χ0v) is 14.7. The first-order valence-electron chi connectivity index (χ1n) is 7.84. The van der Waals surface area contributed by atoms with Gasteiger partial charge in [-0.2, -0.15) is 10.2 Å². The normalized spacial score (nSPS) is 13.2. The second kappa shape index (κ2) is 7.57. The number of amides is 1. The number of hydrogen-bond donors (Lipinski definition) is 1. The highest BCUT2D eigenvalue weighted by atomic mass is 35.5. The van der Waals surface area contributed by atoms with E-state index < -0.39 is 5.97 Å². The fraction of sp³-hybridized carbons (Fsp3) is 0.294. The Labute approximate surface area is 154 Å². The number of carboxylic acid groups (broad SMARTS) is 1. The van der Waals surface area contributed by atoms with Crippen LogP contribution < -0.4 is 14.4 Å². The predicted octanol–water partition coefficient (Wildman–Crippen LogP) is 2.22. The van der Waals surface area contributed by atoms with E-state index in [0.717, 1.165) is 5.69 Å². The Balaban J connectivity index is 1.79. The van der Waals surface area contributed by atoms with Crippen molar-refractivity contribution in [2.75, 3.05) is 18.1 Å². The van der Waals surface area contributed by atoms with E-state index in [2.05, 4.69) is 10.2 Å². The van der Waals surface area contributed by atoms with E-state index in [-0.39, 0.29) is 37.1 Å². The maximum absolute atomic E-state index is 12.0. The van der Waals surface area contributed by atoms with Crippen LogP contribution in [0.2, 0.25) is 5.02 Å².